The predicted molar refractivity (Wildman–Crippen MR) is 72.4 cm³/mol. The Bertz CT molecular complexity index is 487. The second-order valence-electron chi connectivity index (χ2n) is 5.11. The van der Waals surface area contributed by atoms with Crippen LogP contribution in [0.1, 0.15) is 38.2 Å². The minimum atomic E-state index is -0.326. The van der Waals surface area contributed by atoms with Gasteiger partial charge in [0.05, 0.1) is 11.7 Å². The van der Waals surface area contributed by atoms with Crippen LogP contribution in [0.5, 0.6) is 5.75 Å². The summed E-state index contributed by atoms with van der Waals surface area (Å²) in [6, 6.07) is 4.33. The Hall–Kier alpha value is -1.53. The number of hydrogen-bond acceptors (Lipinski definition) is 2. The van der Waals surface area contributed by atoms with Crippen LogP contribution in [0.3, 0.4) is 0 Å². The quantitative estimate of drug-likeness (QED) is 0.830. The topological polar surface area (TPSA) is 29.5 Å². The van der Waals surface area contributed by atoms with Crippen LogP contribution < -0.4 is 4.74 Å². The second-order valence-corrected chi connectivity index (χ2v) is 5.11. The van der Waals surface area contributed by atoms with Gasteiger partial charge in [-0.25, -0.2) is 4.39 Å². The van der Waals surface area contributed by atoms with Gasteiger partial charge in [0.2, 0.25) is 0 Å². The maximum atomic E-state index is 13.3. The number of aliphatic hydroxyl groups is 1. The molecule has 2 rings (SSSR count). The highest BCUT2D eigenvalue weighted by Crippen LogP contribution is 2.29. The van der Waals surface area contributed by atoms with Crippen molar-refractivity contribution < 1.29 is 14.2 Å². The summed E-state index contributed by atoms with van der Waals surface area (Å²) in [6.45, 7) is 2.00. The van der Waals surface area contributed by atoms with Crippen LogP contribution in [0.2, 0.25) is 0 Å². The molecule has 19 heavy (non-hydrogen) atoms. The molecule has 0 bridgehead atoms. The summed E-state index contributed by atoms with van der Waals surface area (Å²) in [5.41, 5.74) is 0.633. The van der Waals surface area contributed by atoms with E-state index in [2.05, 4.69) is 18.8 Å². The average Bonchev–Trinajstić information content (AvgIpc) is 2.38. The highest BCUT2D eigenvalue weighted by atomic mass is 19.1. The third-order valence-corrected chi connectivity index (χ3v) is 3.43. The largest absolute Gasteiger partial charge is 0.489 e. The number of benzene rings is 1. The van der Waals surface area contributed by atoms with Crippen LogP contribution in [0.15, 0.2) is 18.2 Å². The van der Waals surface area contributed by atoms with E-state index in [4.69, 9.17) is 9.84 Å². The molecule has 1 aliphatic carbocycles. The smallest absolute Gasteiger partial charge is 0.138 e. The van der Waals surface area contributed by atoms with E-state index >= 15 is 0 Å². The van der Waals surface area contributed by atoms with Crippen LogP contribution in [-0.2, 0) is 0 Å². The first-order chi connectivity index (χ1) is 9.19. The summed E-state index contributed by atoms with van der Waals surface area (Å²) in [7, 11) is 0. The van der Waals surface area contributed by atoms with Gasteiger partial charge in [0, 0.05) is 6.07 Å². The molecule has 0 saturated heterocycles. The Morgan fingerprint density at radius 1 is 1.42 bits per heavy atom. The standard InChI is InChI=1S/C16H19FO2/c1-12-4-2-6-15(10-12)19-16-11-14(17)8-7-13(16)5-3-9-18/h7-8,11-12,15,18H,2,4,6,9-10H2,1H3. The highest BCUT2D eigenvalue weighted by molar-refractivity contribution is 5.46. The lowest BCUT2D eigenvalue weighted by atomic mass is 9.88. The van der Waals surface area contributed by atoms with Gasteiger partial charge >= 0.3 is 0 Å². The molecule has 0 radical (unpaired) electrons. The van der Waals surface area contributed by atoms with E-state index in [0.29, 0.717) is 17.2 Å². The zero-order valence-corrected chi connectivity index (χ0v) is 11.2. The lowest BCUT2D eigenvalue weighted by Crippen LogP contribution is -2.24. The number of aliphatic hydroxyl groups excluding tert-OH is 1. The molecule has 102 valence electrons. The van der Waals surface area contributed by atoms with Crippen molar-refractivity contribution >= 4 is 0 Å². The Balaban J connectivity index is 2.15. The minimum Gasteiger partial charge on any atom is -0.489 e. The van der Waals surface area contributed by atoms with Crippen molar-refractivity contribution in [3.63, 3.8) is 0 Å². The van der Waals surface area contributed by atoms with Crippen molar-refractivity contribution in [2.45, 2.75) is 38.7 Å². The number of rotatable bonds is 2. The van der Waals surface area contributed by atoms with Gasteiger partial charge < -0.3 is 9.84 Å². The van der Waals surface area contributed by atoms with Crippen molar-refractivity contribution in [3.8, 4) is 17.6 Å². The molecule has 1 aromatic rings. The van der Waals surface area contributed by atoms with Crippen molar-refractivity contribution in [1.29, 1.82) is 0 Å². The first-order valence-electron chi connectivity index (χ1n) is 6.75. The molecule has 1 fully saturated rings. The molecule has 0 spiro atoms. The maximum absolute atomic E-state index is 13.3. The molecule has 3 heteroatoms. The third-order valence-electron chi connectivity index (χ3n) is 3.43. The molecule has 2 unspecified atom stereocenters. The van der Waals surface area contributed by atoms with E-state index in [-0.39, 0.29) is 18.5 Å². The monoisotopic (exact) mass is 262 g/mol. The molecule has 1 N–H and O–H groups in total. The van der Waals surface area contributed by atoms with Gasteiger partial charge in [-0.15, -0.1) is 0 Å². The Kier molecular flexibility index (Phi) is 4.81. The van der Waals surface area contributed by atoms with Crippen molar-refractivity contribution in [1.82, 2.24) is 0 Å². The number of ether oxygens (including phenoxy) is 1. The molecule has 0 aromatic heterocycles. The zero-order chi connectivity index (χ0) is 13.7. The lowest BCUT2D eigenvalue weighted by molar-refractivity contribution is 0.128. The molecule has 2 nitrogen and oxygen atoms in total. The fourth-order valence-corrected chi connectivity index (χ4v) is 2.50. The number of hydrogen-bond donors (Lipinski definition) is 1. The molecule has 1 saturated carbocycles. The van der Waals surface area contributed by atoms with Gasteiger partial charge in [-0.3, -0.25) is 0 Å². The van der Waals surface area contributed by atoms with Crippen molar-refractivity contribution in [3.05, 3.63) is 29.6 Å². The first kappa shape index (κ1) is 13.9. The van der Waals surface area contributed by atoms with Gasteiger partial charge in [-0.05, 0) is 37.3 Å². The minimum absolute atomic E-state index is 0.139. The Labute approximate surface area is 113 Å². The molecule has 0 heterocycles. The predicted octanol–water partition coefficient (Wildman–Crippen LogP) is 3.13. The SMILES string of the molecule is CC1CCCC(Oc2cc(F)ccc2C#CCO)C1. The Morgan fingerprint density at radius 3 is 3.00 bits per heavy atom. The zero-order valence-electron chi connectivity index (χ0n) is 11.2. The summed E-state index contributed by atoms with van der Waals surface area (Å²) >= 11 is 0. The Morgan fingerprint density at radius 2 is 2.26 bits per heavy atom. The van der Waals surface area contributed by atoms with Gasteiger partial charge in [-0.2, -0.15) is 0 Å². The molecule has 1 aromatic carbocycles. The average molecular weight is 262 g/mol. The summed E-state index contributed by atoms with van der Waals surface area (Å²) in [5, 5.41) is 8.74. The summed E-state index contributed by atoms with van der Waals surface area (Å²) < 4.78 is 19.2. The van der Waals surface area contributed by atoms with E-state index < -0.39 is 0 Å². The maximum Gasteiger partial charge on any atom is 0.138 e. The second kappa shape index (κ2) is 6.58. The van der Waals surface area contributed by atoms with E-state index in [0.717, 1.165) is 19.3 Å². The van der Waals surface area contributed by atoms with E-state index in [1.165, 1.54) is 18.6 Å². The van der Waals surface area contributed by atoms with Gasteiger partial charge in [-0.1, -0.05) is 25.2 Å². The van der Waals surface area contributed by atoms with Crippen LogP contribution in [-0.4, -0.2) is 17.8 Å². The molecular formula is C16H19FO2. The third kappa shape index (κ3) is 3.97. The highest BCUT2D eigenvalue weighted by Gasteiger charge is 2.21. The fraction of sp³-hybridized carbons (Fsp3) is 0.500. The molecule has 0 aliphatic heterocycles. The van der Waals surface area contributed by atoms with Gasteiger partial charge in [0.1, 0.15) is 18.2 Å². The summed E-state index contributed by atoms with van der Waals surface area (Å²) in [4.78, 5) is 0. The van der Waals surface area contributed by atoms with Gasteiger partial charge in [0.25, 0.3) is 0 Å². The first-order valence-corrected chi connectivity index (χ1v) is 6.75. The molecular weight excluding hydrogens is 243 g/mol. The summed E-state index contributed by atoms with van der Waals surface area (Å²) in [5.74, 6) is 6.19. The van der Waals surface area contributed by atoms with E-state index in [1.807, 2.05) is 0 Å². The molecule has 0 amide bonds. The van der Waals surface area contributed by atoms with Crippen molar-refractivity contribution in [2.24, 2.45) is 5.92 Å². The summed E-state index contributed by atoms with van der Waals surface area (Å²) in [6.07, 6.45) is 4.54. The van der Waals surface area contributed by atoms with Crippen LogP contribution in [0, 0.1) is 23.6 Å². The van der Waals surface area contributed by atoms with Crippen LogP contribution in [0.4, 0.5) is 4.39 Å². The van der Waals surface area contributed by atoms with Gasteiger partial charge in [0.15, 0.2) is 0 Å². The van der Waals surface area contributed by atoms with Crippen molar-refractivity contribution in [2.75, 3.05) is 6.61 Å². The normalized spacial score (nSPS) is 22.5. The molecule has 1 aliphatic rings. The van der Waals surface area contributed by atoms with E-state index in [9.17, 15) is 4.39 Å². The van der Waals surface area contributed by atoms with Crippen LogP contribution >= 0.6 is 0 Å². The van der Waals surface area contributed by atoms with E-state index in [1.54, 1.807) is 6.07 Å². The molecule has 2 atom stereocenters. The number of halogens is 1. The van der Waals surface area contributed by atoms with Crippen LogP contribution in [0.25, 0.3) is 0 Å². The fourth-order valence-electron chi connectivity index (χ4n) is 2.50. The lowest BCUT2D eigenvalue weighted by Gasteiger charge is -2.27.